The molecule has 0 bridgehead atoms. The van der Waals surface area contributed by atoms with Gasteiger partial charge in [0, 0.05) is 22.3 Å². The fourth-order valence-electron chi connectivity index (χ4n) is 1.95. The van der Waals surface area contributed by atoms with E-state index in [4.69, 9.17) is 4.74 Å². The quantitative estimate of drug-likeness (QED) is 0.838. The minimum atomic E-state index is -0.207. The van der Waals surface area contributed by atoms with E-state index < -0.39 is 0 Å². The fourth-order valence-corrected chi connectivity index (χ4v) is 2.49. The van der Waals surface area contributed by atoms with Crippen LogP contribution in [0.5, 0.6) is 0 Å². The van der Waals surface area contributed by atoms with Crippen LogP contribution in [0, 0.1) is 3.57 Å². The van der Waals surface area contributed by atoms with Gasteiger partial charge in [-0.15, -0.1) is 0 Å². The number of amides is 1. The maximum Gasteiger partial charge on any atom is 0.244 e. The fraction of sp³-hybridized carbons (Fsp3) is 0.462. The Hall–Kier alpha value is -0.820. The Balaban J connectivity index is 1.94. The van der Waals surface area contributed by atoms with Crippen molar-refractivity contribution >= 4 is 34.2 Å². The molecule has 1 aliphatic rings. The second-order valence-corrected chi connectivity index (χ2v) is 5.56. The van der Waals surface area contributed by atoms with Gasteiger partial charge in [0.05, 0.1) is 13.2 Å². The third kappa shape index (κ3) is 3.58. The number of carbonyl (C=O) groups is 1. The van der Waals surface area contributed by atoms with E-state index in [0.717, 1.165) is 9.26 Å². The zero-order valence-corrected chi connectivity index (χ0v) is 12.5. The van der Waals surface area contributed by atoms with Crippen LogP contribution in [0.1, 0.15) is 6.92 Å². The molecule has 0 aliphatic carbocycles. The predicted octanol–water partition coefficient (Wildman–Crippen LogP) is 1.95. The maximum atomic E-state index is 12.2. The second-order valence-electron chi connectivity index (χ2n) is 4.31. The first-order valence-corrected chi connectivity index (χ1v) is 7.13. The molecule has 1 aromatic carbocycles. The van der Waals surface area contributed by atoms with Crippen molar-refractivity contribution in [2.45, 2.75) is 13.0 Å². The van der Waals surface area contributed by atoms with Crippen LogP contribution in [-0.2, 0) is 9.53 Å². The Morgan fingerprint density at radius 3 is 2.83 bits per heavy atom. The highest BCUT2D eigenvalue weighted by Crippen LogP contribution is 2.14. The monoisotopic (exact) mass is 360 g/mol. The van der Waals surface area contributed by atoms with Crippen LogP contribution in [0.25, 0.3) is 0 Å². The van der Waals surface area contributed by atoms with Gasteiger partial charge in [-0.1, -0.05) is 6.07 Å². The molecule has 98 valence electrons. The highest BCUT2D eigenvalue weighted by Gasteiger charge is 2.22. The molecule has 1 atom stereocenters. The number of anilines is 1. The molecule has 0 radical (unpaired) electrons. The molecular weight excluding hydrogens is 343 g/mol. The summed E-state index contributed by atoms with van der Waals surface area (Å²) >= 11 is 2.26. The molecular formula is C13H17IN2O2. The average molecular weight is 360 g/mol. The number of morpholine rings is 1. The van der Waals surface area contributed by atoms with Crippen LogP contribution in [0.15, 0.2) is 24.3 Å². The Morgan fingerprint density at radius 2 is 2.17 bits per heavy atom. The molecule has 1 fully saturated rings. The second kappa shape index (κ2) is 6.38. The Morgan fingerprint density at radius 1 is 1.44 bits per heavy atom. The molecule has 1 saturated heterocycles. The van der Waals surface area contributed by atoms with E-state index in [2.05, 4.69) is 27.9 Å². The van der Waals surface area contributed by atoms with Crippen molar-refractivity contribution in [3.05, 3.63) is 27.8 Å². The third-order valence-corrected chi connectivity index (χ3v) is 3.57. The smallest absolute Gasteiger partial charge is 0.244 e. The van der Waals surface area contributed by atoms with Gasteiger partial charge in [0.2, 0.25) is 5.91 Å². The van der Waals surface area contributed by atoms with Crippen molar-refractivity contribution in [2.75, 3.05) is 31.6 Å². The zero-order chi connectivity index (χ0) is 13.0. The average Bonchev–Trinajstić information content (AvgIpc) is 2.39. The first kappa shape index (κ1) is 13.6. The molecule has 0 aromatic heterocycles. The number of benzene rings is 1. The molecule has 0 spiro atoms. The maximum absolute atomic E-state index is 12.2. The molecule has 5 heteroatoms. The molecule has 1 aliphatic heterocycles. The number of carbonyl (C=O) groups excluding carboxylic acids is 1. The molecule has 1 heterocycles. The highest BCUT2D eigenvalue weighted by molar-refractivity contribution is 14.1. The van der Waals surface area contributed by atoms with Gasteiger partial charge in [-0.05, 0) is 47.7 Å². The summed E-state index contributed by atoms with van der Waals surface area (Å²) in [6, 6.07) is 7.81. The van der Waals surface area contributed by atoms with Crippen molar-refractivity contribution in [3.8, 4) is 0 Å². The normalized spacial score (nSPS) is 17.3. The lowest BCUT2D eigenvalue weighted by atomic mass is 10.2. The summed E-state index contributed by atoms with van der Waals surface area (Å²) in [6.07, 6.45) is 0. The largest absolute Gasteiger partial charge is 0.378 e. The number of halogens is 1. The van der Waals surface area contributed by atoms with Gasteiger partial charge in [-0.25, -0.2) is 0 Å². The molecule has 1 amide bonds. The van der Waals surface area contributed by atoms with Crippen LogP contribution >= 0.6 is 22.6 Å². The number of nitrogens with zero attached hydrogens (tertiary/aromatic N) is 1. The highest BCUT2D eigenvalue weighted by atomic mass is 127. The lowest BCUT2D eigenvalue weighted by molar-refractivity contribution is -0.135. The van der Waals surface area contributed by atoms with Crippen LogP contribution in [0.4, 0.5) is 5.69 Å². The minimum Gasteiger partial charge on any atom is -0.378 e. The summed E-state index contributed by atoms with van der Waals surface area (Å²) in [5, 5.41) is 3.24. The van der Waals surface area contributed by atoms with Crippen molar-refractivity contribution in [1.29, 1.82) is 0 Å². The summed E-state index contributed by atoms with van der Waals surface area (Å²) in [4.78, 5) is 14.0. The number of ether oxygens (including phenoxy) is 1. The Labute approximate surface area is 121 Å². The van der Waals surface area contributed by atoms with Gasteiger partial charge in [0.15, 0.2) is 0 Å². The predicted molar refractivity (Wildman–Crippen MR) is 79.6 cm³/mol. The number of hydrogen-bond donors (Lipinski definition) is 1. The summed E-state index contributed by atoms with van der Waals surface area (Å²) in [6.45, 7) is 4.56. The molecule has 4 nitrogen and oxygen atoms in total. The van der Waals surface area contributed by atoms with E-state index in [1.165, 1.54) is 0 Å². The number of rotatable bonds is 3. The van der Waals surface area contributed by atoms with E-state index in [0.29, 0.717) is 26.3 Å². The van der Waals surface area contributed by atoms with Crippen molar-refractivity contribution < 1.29 is 9.53 Å². The molecule has 0 saturated carbocycles. The third-order valence-electron chi connectivity index (χ3n) is 2.90. The molecule has 1 N–H and O–H groups in total. The van der Waals surface area contributed by atoms with Gasteiger partial charge < -0.3 is 15.0 Å². The van der Waals surface area contributed by atoms with Gasteiger partial charge in [-0.3, -0.25) is 4.79 Å². The van der Waals surface area contributed by atoms with Crippen molar-refractivity contribution in [2.24, 2.45) is 0 Å². The van der Waals surface area contributed by atoms with E-state index in [9.17, 15) is 4.79 Å². The van der Waals surface area contributed by atoms with Crippen LogP contribution in [0.3, 0.4) is 0 Å². The molecule has 18 heavy (non-hydrogen) atoms. The molecule has 0 unspecified atom stereocenters. The lowest BCUT2D eigenvalue weighted by Gasteiger charge is -2.29. The van der Waals surface area contributed by atoms with Crippen molar-refractivity contribution in [3.63, 3.8) is 0 Å². The zero-order valence-electron chi connectivity index (χ0n) is 10.4. The topological polar surface area (TPSA) is 41.6 Å². The minimum absolute atomic E-state index is 0.136. The van der Waals surface area contributed by atoms with E-state index in [1.807, 2.05) is 36.1 Å². The van der Waals surface area contributed by atoms with Crippen molar-refractivity contribution in [1.82, 2.24) is 4.90 Å². The standard InChI is InChI=1S/C13H17IN2O2/c1-10(13(17)16-5-7-18-8-6-16)15-12-4-2-3-11(14)9-12/h2-4,9-10,15H,5-8H2,1H3/t10-/m0/s1. The number of hydrogen-bond acceptors (Lipinski definition) is 3. The van der Waals surface area contributed by atoms with E-state index >= 15 is 0 Å². The van der Waals surface area contributed by atoms with Crippen LogP contribution in [0.2, 0.25) is 0 Å². The van der Waals surface area contributed by atoms with Crippen LogP contribution in [-0.4, -0.2) is 43.2 Å². The summed E-state index contributed by atoms with van der Waals surface area (Å²) in [5.74, 6) is 0.136. The Bertz CT molecular complexity index is 419. The summed E-state index contributed by atoms with van der Waals surface area (Å²) in [5.41, 5.74) is 0.982. The first-order chi connectivity index (χ1) is 8.66. The van der Waals surface area contributed by atoms with Gasteiger partial charge >= 0.3 is 0 Å². The van der Waals surface area contributed by atoms with Gasteiger partial charge in [0.25, 0.3) is 0 Å². The molecule has 2 rings (SSSR count). The van der Waals surface area contributed by atoms with Crippen LogP contribution < -0.4 is 5.32 Å². The first-order valence-electron chi connectivity index (χ1n) is 6.05. The number of nitrogens with one attached hydrogen (secondary N) is 1. The summed E-state index contributed by atoms with van der Waals surface area (Å²) < 4.78 is 6.40. The lowest BCUT2D eigenvalue weighted by Crippen LogP contribution is -2.46. The van der Waals surface area contributed by atoms with Gasteiger partial charge in [-0.2, -0.15) is 0 Å². The van der Waals surface area contributed by atoms with Gasteiger partial charge in [0.1, 0.15) is 6.04 Å². The Kier molecular flexibility index (Phi) is 4.82. The summed E-state index contributed by atoms with van der Waals surface area (Å²) in [7, 11) is 0. The SMILES string of the molecule is C[C@H](Nc1cccc(I)c1)C(=O)N1CCOCC1. The molecule has 1 aromatic rings. The van der Waals surface area contributed by atoms with E-state index in [1.54, 1.807) is 0 Å². The van der Waals surface area contributed by atoms with E-state index in [-0.39, 0.29) is 11.9 Å².